The van der Waals surface area contributed by atoms with Gasteiger partial charge in [0.1, 0.15) is 0 Å². The summed E-state index contributed by atoms with van der Waals surface area (Å²) in [5.41, 5.74) is 2.94. The lowest BCUT2D eigenvalue weighted by atomic mass is 10.1. The maximum atomic E-state index is 8.57. The second kappa shape index (κ2) is 4.54. The summed E-state index contributed by atoms with van der Waals surface area (Å²) in [7, 11) is 0. The van der Waals surface area contributed by atoms with E-state index in [0.717, 1.165) is 22.6 Å². The van der Waals surface area contributed by atoms with Crippen molar-refractivity contribution in [3.05, 3.63) is 47.8 Å². The normalized spacial score (nSPS) is 9.75. The van der Waals surface area contributed by atoms with Crippen LogP contribution >= 0.6 is 0 Å². The van der Waals surface area contributed by atoms with Gasteiger partial charge in [0.15, 0.2) is 5.82 Å². The molecule has 1 aromatic carbocycles. The van der Waals surface area contributed by atoms with Crippen molar-refractivity contribution in [2.24, 2.45) is 0 Å². The molecule has 0 spiro atoms. The summed E-state index contributed by atoms with van der Waals surface area (Å²) in [6.07, 6.45) is 2.19. The van der Waals surface area contributed by atoms with Gasteiger partial charge in [-0.25, -0.2) is 9.97 Å². The number of benzene rings is 1. The zero-order chi connectivity index (χ0) is 11.4. The van der Waals surface area contributed by atoms with Crippen molar-refractivity contribution in [2.45, 2.75) is 13.3 Å². The van der Waals surface area contributed by atoms with Crippen LogP contribution in [-0.2, 0) is 6.42 Å². The van der Waals surface area contributed by atoms with Crippen molar-refractivity contribution in [1.82, 2.24) is 9.97 Å². The molecule has 0 unspecified atom stereocenters. The summed E-state index contributed by atoms with van der Waals surface area (Å²) in [5.74, 6) is 0.725. The quantitative estimate of drug-likeness (QED) is 0.763. The van der Waals surface area contributed by atoms with E-state index >= 15 is 0 Å². The van der Waals surface area contributed by atoms with E-state index in [4.69, 9.17) is 5.26 Å². The molecule has 0 amide bonds. The highest BCUT2D eigenvalue weighted by molar-refractivity contribution is 5.55. The molecule has 0 radical (unpaired) electrons. The van der Waals surface area contributed by atoms with Gasteiger partial charge in [0.2, 0.25) is 0 Å². The lowest BCUT2D eigenvalue weighted by Crippen LogP contribution is -1.90. The Morgan fingerprint density at radius 2 is 1.94 bits per heavy atom. The molecule has 0 aliphatic heterocycles. The Kier molecular flexibility index (Phi) is 2.93. The molecule has 0 N–H and O–H groups in total. The summed E-state index contributed by atoms with van der Waals surface area (Å²) < 4.78 is 0. The van der Waals surface area contributed by atoms with Crippen LogP contribution in [0.2, 0.25) is 0 Å². The van der Waals surface area contributed by atoms with E-state index in [0.29, 0.717) is 6.42 Å². The van der Waals surface area contributed by atoms with Crippen LogP contribution in [0.5, 0.6) is 0 Å². The third-order valence-corrected chi connectivity index (χ3v) is 2.29. The lowest BCUT2D eigenvalue weighted by Gasteiger charge is -2.01. The zero-order valence-electron chi connectivity index (χ0n) is 9.01. The molecule has 16 heavy (non-hydrogen) atoms. The molecule has 3 heteroatoms. The van der Waals surface area contributed by atoms with Crippen LogP contribution in [0.4, 0.5) is 0 Å². The molecule has 0 saturated heterocycles. The van der Waals surface area contributed by atoms with Gasteiger partial charge in [-0.3, -0.25) is 0 Å². The van der Waals surface area contributed by atoms with Gasteiger partial charge in [-0.15, -0.1) is 0 Å². The summed E-state index contributed by atoms with van der Waals surface area (Å²) in [5, 5.41) is 8.57. The van der Waals surface area contributed by atoms with Crippen molar-refractivity contribution in [1.29, 1.82) is 5.26 Å². The Hall–Kier alpha value is -2.21. The van der Waals surface area contributed by atoms with Crippen molar-refractivity contribution >= 4 is 0 Å². The number of rotatable bonds is 2. The maximum Gasteiger partial charge on any atom is 0.159 e. The van der Waals surface area contributed by atoms with Crippen LogP contribution in [-0.4, -0.2) is 9.97 Å². The minimum absolute atomic E-state index is 0.439. The van der Waals surface area contributed by atoms with Crippen LogP contribution in [0.1, 0.15) is 11.3 Å². The number of nitrogens with zero attached hydrogens (tertiary/aromatic N) is 3. The monoisotopic (exact) mass is 209 g/mol. The average molecular weight is 209 g/mol. The Balaban J connectivity index is 2.32. The number of hydrogen-bond donors (Lipinski definition) is 0. The Bertz CT molecular complexity index is 524. The van der Waals surface area contributed by atoms with Gasteiger partial charge >= 0.3 is 0 Å². The first-order chi connectivity index (χ1) is 7.79. The second-order valence-corrected chi connectivity index (χ2v) is 3.55. The first-order valence-corrected chi connectivity index (χ1v) is 5.05. The van der Waals surface area contributed by atoms with Gasteiger partial charge in [-0.1, -0.05) is 24.3 Å². The Labute approximate surface area is 94.4 Å². The molecule has 0 fully saturated rings. The Morgan fingerprint density at radius 3 is 2.56 bits per heavy atom. The van der Waals surface area contributed by atoms with E-state index in [1.54, 1.807) is 6.20 Å². The Morgan fingerprint density at radius 1 is 1.19 bits per heavy atom. The van der Waals surface area contributed by atoms with Crippen molar-refractivity contribution in [2.75, 3.05) is 0 Å². The molecule has 3 nitrogen and oxygen atoms in total. The molecule has 78 valence electrons. The number of hydrogen-bond acceptors (Lipinski definition) is 3. The fraction of sp³-hybridized carbons (Fsp3) is 0.154. The van der Waals surface area contributed by atoms with E-state index in [1.165, 1.54) is 0 Å². The molecular weight excluding hydrogens is 198 g/mol. The molecule has 0 atom stereocenters. The van der Waals surface area contributed by atoms with Gasteiger partial charge < -0.3 is 0 Å². The highest BCUT2D eigenvalue weighted by Gasteiger charge is 2.00. The van der Waals surface area contributed by atoms with Crippen LogP contribution < -0.4 is 0 Å². The average Bonchev–Trinajstić information content (AvgIpc) is 2.30. The molecular formula is C13H11N3. The lowest BCUT2D eigenvalue weighted by molar-refractivity contribution is 1.11. The third-order valence-electron chi connectivity index (χ3n) is 2.29. The van der Waals surface area contributed by atoms with Crippen LogP contribution in [0.25, 0.3) is 11.4 Å². The van der Waals surface area contributed by atoms with Crippen molar-refractivity contribution in [3.63, 3.8) is 0 Å². The number of aromatic nitrogens is 2. The molecule has 2 aromatic rings. The predicted molar refractivity (Wildman–Crippen MR) is 61.5 cm³/mol. The predicted octanol–water partition coefficient (Wildman–Crippen LogP) is 2.52. The fourth-order valence-electron chi connectivity index (χ4n) is 1.45. The minimum Gasteiger partial charge on any atom is -0.237 e. The largest absolute Gasteiger partial charge is 0.237 e. The summed E-state index contributed by atoms with van der Waals surface area (Å²) in [6, 6.07) is 11.8. The van der Waals surface area contributed by atoms with E-state index in [-0.39, 0.29) is 0 Å². The summed E-state index contributed by atoms with van der Waals surface area (Å²) in [6.45, 7) is 1.94. The van der Waals surface area contributed by atoms with E-state index < -0.39 is 0 Å². The fourth-order valence-corrected chi connectivity index (χ4v) is 1.45. The third kappa shape index (κ3) is 2.23. The summed E-state index contributed by atoms with van der Waals surface area (Å²) >= 11 is 0. The van der Waals surface area contributed by atoms with E-state index in [2.05, 4.69) is 16.0 Å². The number of nitriles is 1. The first-order valence-electron chi connectivity index (χ1n) is 5.05. The minimum atomic E-state index is 0.439. The van der Waals surface area contributed by atoms with Crippen LogP contribution in [0.3, 0.4) is 0 Å². The van der Waals surface area contributed by atoms with E-state index in [1.807, 2.05) is 37.3 Å². The topological polar surface area (TPSA) is 49.6 Å². The molecule has 0 aliphatic carbocycles. The maximum absolute atomic E-state index is 8.57. The molecule has 0 aliphatic rings. The van der Waals surface area contributed by atoms with Crippen molar-refractivity contribution in [3.8, 4) is 17.5 Å². The smallest absolute Gasteiger partial charge is 0.159 e. The molecule has 1 aromatic heterocycles. The van der Waals surface area contributed by atoms with E-state index in [9.17, 15) is 0 Å². The molecule has 0 bridgehead atoms. The highest BCUT2D eigenvalue weighted by atomic mass is 14.9. The SMILES string of the molecule is Cc1ccnc(-c2ccc(CC#N)cc2)n1. The highest BCUT2D eigenvalue weighted by Crippen LogP contribution is 2.15. The van der Waals surface area contributed by atoms with Gasteiger partial charge in [0, 0.05) is 17.5 Å². The standard InChI is InChI=1S/C13H11N3/c1-10-7-9-15-13(16-10)12-4-2-11(3-5-12)6-8-14/h2-5,7,9H,6H2,1H3. The van der Waals surface area contributed by atoms with Gasteiger partial charge in [0.05, 0.1) is 12.5 Å². The van der Waals surface area contributed by atoms with Gasteiger partial charge in [0.25, 0.3) is 0 Å². The number of aryl methyl sites for hydroxylation is 1. The molecule has 0 saturated carbocycles. The van der Waals surface area contributed by atoms with Crippen LogP contribution in [0, 0.1) is 18.3 Å². The van der Waals surface area contributed by atoms with Gasteiger partial charge in [-0.05, 0) is 18.6 Å². The zero-order valence-corrected chi connectivity index (χ0v) is 9.01. The first kappa shape index (κ1) is 10.3. The summed E-state index contributed by atoms with van der Waals surface area (Å²) in [4.78, 5) is 8.55. The molecule has 2 rings (SSSR count). The van der Waals surface area contributed by atoms with Crippen LogP contribution in [0.15, 0.2) is 36.5 Å². The second-order valence-electron chi connectivity index (χ2n) is 3.55. The molecule has 1 heterocycles. The van der Waals surface area contributed by atoms with Gasteiger partial charge in [-0.2, -0.15) is 5.26 Å². The van der Waals surface area contributed by atoms with Crippen molar-refractivity contribution < 1.29 is 0 Å².